The van der Waals surface area contributed by atoms with Crippen LogP contribution in [0.3, 0.4) is 0 Å². The lowest BCUT2D eigenvalue weighted by Crippen LogP contribution is -2.27. The average Bonchev–Trinajstić information content (AvgIpc) is 3.51. The van der Waals surface area contributed by atoms with E-state index in [1.807, 2.05) is 0 Å². The van der Waals surface area contributed by atoms with E-state index in [9.17, 15) is 13.8 Å². The Balaban J connectivity index is 1.70. The zero-order valence-electron chi connectivity index (χ0n) is 15.6. The van der Waals surface area contributed by atoms with Gasteiger partial charge in [0, 0.05) is 16.6 Å². The van der Waals surface area contributed by atoms with Crippen LogP contribution in [0.1, 0.15) is 36.2 Å². The van der Waals surface area contributed by atoms with Gasteiger partial charge in [0.05, 0.1) is 17.1 Å². The van der Waals surface area contributed by atoms with Gasteiger partial charge in [-0.25, -0.2) is 13.8 Å². The average molecular weight is 432 g/mol. The molecule has 2 aromatic carbocycles. The van der Waals surface area contributed by atoms with Crippen LogP contribution in [0.5, 0.6) is 0 Å². The van der Waals surface area contributed by atoms with Gasteiger partial charge >= 0.3 is 11.7 Å². The molecule has 0 amide bonds. The van der Waals surface area contributed by atoms with Gasteiger partial charge in [-0.15, -0.1) is 9.19 Å². The second-order valence-corrected chi connectivity index (χ2v) is 8.33. The van der Waals surface area contributed by atoms with Gasteiger partial charge in [0.25, 0.3) is 0 Å². The lowest BCUT2D eigenvalue weighted by molar-refractivity contribution is 0.0526. The number of carbonyl (C=O) groups is 1. The zero-order chi connectivity index (χ0) is 20.5. The van der Waals surface area contributed by atoms with Crippen molar-refractivity contribution in [3.63, 3.8) is 0 Å². The van der Waals surface area contributed by atoms with Crippen LogP contribution in [0.25, 0.3) is 11.4 Å². The molecule has 0 bridgehead atoms. The number of rotatable bonds is 6. The number of esters is 1. The van der Waals surface area contributed by atoms with E-state index in [2.05, 4.69) is 5.10 Å². The Morgan fingerprint density at radius 3 is 2.41 bits per heavy atom. The van der Waals surface area contributed by atoms with Crippen molar-refractivity contribution in [2.24, 2.45) is 0 Å². The molecule has 0 saturated heterocycles. The number of benzene rings is 2. The van der Waals surface area contributed by atoms with Crippen molar-refractivity contribution in [2.45, 2.75) is 30.7 Å². The van der Waals surface area contributed by atoms with Crippen molar-refractivity contribution in [3.05, 3.63) is 69.6 Å². The molecular weight excluding hydrogens is 414 g/mol. The van der Waals surface area contributed by atoms with Crippen molar-refractivity contribution in [1.82, 2.24) is 13.8 Å². The number of halogens is 1. The number of ether oxygens (including phenoxy) is 1. The van der Waals surface area contributed by atoms with Crippen LogP contribution < -0.4 is 5.69 Å². The molecule has 9 heteroatoms. The van der Waals surface area contributed by atoms with Gasteiger partial charge in [-0.2, -0.15) is 0 Å². The molecule has 29 heavy (non-hydrogen) atoms. The van der Waals surface area contributed by atoms with Crippen LogP contribution in [0, 0.1) is 0 Å². The first-order chi connectivity index (χ1) is 14.0. The summed E-state index contributed by atoms with van der Waals surface area (Å²) in [5.74, 6) is 0.00990. The highest BCUT2D eigenvalue weighted by molar-refractivity contribution is 7.83. The Bertz CT molecular complexity index is 1130. The van der Waals surface area contributed by atoms with E-state index in [1.165, 1.54) is 24.3 Å². The van der Waals surface area contributed by atoms with Crippen LogP contribution in [-0.4, -0.2) is 30.5 Å². The summed E-state index contributed by atoms with van der Waals surface area (Å²) in [6.07, 6.45) is 1.76. The molecule has 4 rings (SSSR count). The van der Waals surface area contributed by atoms with E-state index in [1.54, 1.807) is 35.8 Å². The smallest absolute Gasteiger partial charge is 0.359 e. The van der Waals surface area contributed by atoms with Crippen molar-refractivity contribution in [2.75, 3.05) is 6.61 Å². The minimum atomic E-state index is -1.85. The molecule has 7 nitrogen and oxygen atoms in total. The summed E-state index contributed by atoms with van der Waals surface area (Å²) in [7, 11) is -1.85. The Morgan fingerprint density at radius 2 is 1.83 bits per heavy atom. The third-order valence-corrected chi connectivity index (χ3v) is 6.00. The quantitative estimate of drug-likeness (QED) is 0.558. The number of nitrogens with zero attached hydrogens (tertiary/aromatic N) is 3. The van der Waals surface area contributed by atoms with Gasteiger partial charge in [0.1, 0.15) is 0 Å². The van der Waals surface area contributed by atoms with Gasteiger partial charge in [0.2, 0.25) is 0 Å². The second-order valence-electron chi connectivity index (χ2n) is 6.58. The Labute approximate surface area is 174 Å². The van der Waals surface area contributed by atoms with E-state index in [-0.39, 0.29) is 12.6 Å². The summed E-state index contributed by atoms with van der Waals surface area (Å²) in [6, 6.07) is 13.2. The van der Waals surface area contributed by atoms with E-state index in [4.69, 9.17) is 16.3 Å². The molecule has 1 saturated carbocycles. The predicted octanol–water partition coefficient (Wildman–Crippen LogP) is 3.45. The zero-order valence-corrected chi connectivity index (χ0v) is 17.2. The highest BCUT2D eigenvalue weighted by Gasteiger charge is 2.31. The van der Waals surface area contributed by atoms with E-state index in [0.29, 0.717) is 21.3 Å². The predicted molar refractivity (Wildman–Crippen MR) is 109 cm³/mol. The maximum Gasteiger partial charge on any atom is 0.359 e. The van der Waals surface area contributed by atoms with Crippen LogP contribution >= 0.6 is 11.6 Å². The van der Waals surface area contributed by atoms with E-state index >= 15 is 0 Å². The molecule has 1 fully saturated rings. The topological polar surface area (TPSA) is 83.2 Å². The minimum Gasteiger partial charge on any atom is -0.462 e. The van der Waals surface area contributed by atoms with Crippen LogP contribution in [0.15, 0.2) is 58.2 Å². The van der Waals surface area contributed by atoms with Crippen LogP contribution in [-0.2, 0) is 15.7 Å². The molecule has 1 unspecified atom stereocenters. The SMILES string of the molecule is CCOC(=O)c1ccc(S(=O)n2nc(-c3ccc(Cl)cc3)n(C3CC3)c2=O)cc1. The number of aromatic nitrogens is 3. The fraction of sp³-hybridized carbons (Fsp3) is 0.250. The maximum absolute atomic E-state index is 13.0. The normalized spacial score (nSPS) is 14.6. The summed E-state index contributed by atoms with van der Waals surface area (Å²) < 4.78 is 20.6. The Kier molecular flexibility index (Phi) is 5.38. The molecule has 3 aromatic rings. The van der Waals surface area contributed by atoms with Crippen molar-refractivity contribution >= 4 is 28.6 Å². The molecule has 1 heterocycles. The summed E-state index contributed by atoms with van der Waals surface area (Å²) in [5, 5.41) is 4.95. The summed E-state index contributed by atoms with van der Waals surface area (Å²) >= 11 is 5.96. The molecule has 1 aliphatic rings. The van der Waals surface area contributed by atoms with Crippen molar-refractivity contribution < 1.29 is 13.7 Å². The van der Waals surface area contributed by atoms with E-state index in [0.717, 1.165) is 22.5 Å². The lowest BCUT2D eigenvalue weighted by Gasteiger charge is -2.03. The molecule has 150 valence electrons. The summed E-state index contributed by atoms with van der Waals surface area (Å²) in [5.41, 5.74) is 0.655. The summed E-state index contributed by atoms with van der Waals surface area (Å²) in [4.78, 5) is 25.1. The first-order valence-electron chi connectivity index (χ1n) is 9.16. The largest absolute Gasteiger partial charge is 0.462 e. The minimum absolute atomic E-state index is 0.0603. The highest BCUT2D eigenvalue weighted by Crippen LogP contribution is 2.36. The lowest BCUT2D eigenvalue weighted by atomic mass is 10.2. The standard InChI is InChI=1S/C20H18ClN3O4S/c1-2-28-19(25)14-5-11-17(12-6-14)29(27)24-20(26)23(16-9-10-16)18(22-24)13-3-7-15(21)8-4-13/h3-8,11-12,16H,2,9-10H2,1H3. The van der Waals surface area contributed by atoms with Gasteiger partial charge < -0.3 is 4.74 Å². The number of hydrogen-bond acceptors (Lipinski definition) is 5. The number of carbonyl (C=O) groups excluding carboxylic acids is 1. The maximum atomic E-state index is 13.0. The molecule has 1 aromatic heterocycles. The van der Waals surface area contributed by atoms with Gasteiger partial charge in [-0.05, 0) is 68.3 Å². The fourth-order valence-corrected chi connectivity index (χ4v) is 4.02. The molecule has 1 aliphatic carbocycles. The monoisotopic (exact) mass is 431 g/mol. The van der Waals surface area contributed by atoms with Crippen LogP contribution in [0.4, 0.5) is 0 Å². The molecule has 1 atom stereocenters. The molecule has 0 radical (unpaired) electrons. The van der Waals surface area contributed by atoms with Crippen molar-refractivity contribution in [1.29, 1.82) is 0 Å². The number of hydrogen-bond donors (Lipinski definition) is 0. The second kappa shape index (κ2) is 7.96. The molecular formula is C20H18ClN3O4S. The molecule has 0 spiro atoms. The highest BCUT2D eigenvalue weighted by atomic mass is 35.5. The summed E-state index contributed by atoms with van der Waals surface area (Å²) in [6.45, 7) is 2.00. The molecule has 0 aliphatic heterocycles. The first-order valence-corrected chi connectivity index (χ1v) is 10.6. The van der Waals surface area contributed by atoms with Gasteiger partial charge in [0.15, 0.2) is 16.8 Å². The third kappa shape index (κ3) is 3.90. The fourth-order valence-electron chi connectivity index (χ4n) is 2.95. The van der Waals surface area contributed by atoms with Gasteiger partial charge in [-0.3, -0.25) is 4.57 Å². The third-order valence-electron chi connectivity index (χ3n) is 4.52. The van der Waals surface area contributed by atoms with Crippen molar-refractivity contribution in [3.8, 4) is 11.4 Å². The Morgan fingerprint density at radius 1 is 1.17 bits per heavy atom. The Hall–Kier alpha value is -2.71. The van der Waals surface area contributed by atoms with Crippen LogP contribution in [0.2, 0.25) is 5.02 Å². The van der Waals surface area contributed by atoms with E-state index < -0.39 is 22.6 Å². The first kappa shape index (κ1) is 19.6. The van der Waals surface area contributed by atoms with Gasteiger partial charge in [-0.1, -0.05) is 11.6 Å². The molecule has 0 N–H and O–H groups in total.